The van der Waals surface area contributed by atoms with Crippen molar-refractivity contribution in [2.45, 2.75) is 6.92 Å². The van der Waals surface area contributed by atoms with Crippen molar-refractivity contribution in [1.82, 2.24) is 0 Å². The van der Waals surface area contributed by atoms with Crippen LogP contribution in [-0.4, -0.2) is 25.1 Å². The molecule has 0 amide bonds. The number of hydrogen-bond donors (Lipinski definition) is 1. The van der Waals surface area contributed by atoms with Crippen molar-refractivity contribution in [3.8, 4) is 11.5 Å². The molecule has 0 unspecified atom stereocenters. The minimum absolute atomic E-state index is 0.504. The Labute approximate surface area is 82.8 Å². The lowest BCUT2D eigenvalue weighted by Gasteiger charge is -2.08. The van der Waals surface area contributed by atoms with Crippen molar-refractivity contribution >= 4 is 5.71 Å². The number of benzene rings is 1. The van der Waals surface area contributed by atoms with E-state index >= 15 is 0 Å². The first-order valence-electron chi connectivity index (χ1n) is 4.14. The van der Waals surface area contributed by atoms with Crippen molar-refractivity contribution in [3.05, 3.63) is 23.8 Å². The van der Waals surface area contributed by atoms with Gasteiger partial charge in [0.05, 0.1) is 19.9 Å². The summed E-state index contributed by atoms with van der Waals surface area (Å²) in [6, 6.07) is 5.31. The molecule has 0 aliphatic heterocycles. The smallest absolute Gasteiger partial charge is 0.131 e. The number of ether oxygens (including phenoxy) is 2. The molecule has 4 nitrogen and oxygen atoms in total. The van der Waals surface area contributed by atoms with Crippen LogP contribution < -0.4 is 9.47 Å². The minimum Gasteiger partial charge on any atom is -0.497 e. The Hall–Kier alpha value is -1.71. The second-order valence-electron chi connectivity index (χ2n) is 2.75. The second-order valence-corrected chi connectivity index (χ2v) is 2.75. The van der Waals surface area contributed by atoms with E-state index in [-0.39, 0.29) is 0 Å². The summed E-state index contributed by atoms with van der Waals surface area (Å²) < 4.78 is 10.2. The topological polar surface area (TPSA) is 51.0 Å². The molecule has 0 spiro atoms. The van der Waals surface area contributed by atoms with Crippen LogP contribution in [0.1, 0.15) is 12.5 Å². The maximum atomic E-state index is 8.64. The predicted molar refractivity (Wildman–Crippen MR) is 53.5 cm³/mol. The lowest BCUT2D eigenvalue weighted by Crippen LogP contribution is -1.99. The summed E-state index contributed by atoms with van der Waals surface area (Å²) in [4.78, 5) is 0. The molecule has 0 atom stereocenters. The molecule has 0 fully saturated rings. The summed E-state index contributed by atoms with van der Waals surface area (Å²) in [6.07, 6.45) is 0. The molecule has 0 bridgehead atoms. The Morgan fingerprint density at radius 1 is 1.29 bits per heavy atom. The van der Waals surface area contributed by atoms with Crippen molar-refractivity contribution < 1.29 is 14.7 Å². The monoisotopic (exact) mass is 195 g/mol. The quantitative estimate of drug-likeness (QED) is 0.455. The first kappa shape index (κ1) is 10.4. The maximum absolute atomic E-state index is 8.64. The Morgan fingerprint density at radius 2 is 2.00 bits per heavy atom. The fourth-order valence-corrected chi connectivity index (χ4v) is 1.15. The van der Waals surface area contributed by atoms with Crippen LogP contribution >= 0.6 is 0 Å². The zero-order chi connectivity index (χ0) is 10.6. The van der Waals surface area contributed by atoms with Crippen LogP contribution in [0.15, 0.2) is 23.4 Å². The minimum atomic E-state index is 0.504. The third-order valence-electron chi connectivity index (χ3n) is 1.95. The van der Waals surface area contributed by atoms with Gasteiger partial charge in [0.2, 0.25) is 0 Å². The third-order valence-corrected chi connectivity index (χ3v) is 1.95. The Kier molecular flexibility index (Phi) is 3.34. The third kappa shape index (κ3) is 1.96. The Morgan fingerprint density at radius 3 is 2.50 bits per heavy atom. The highest BCUT2D eigenvalue weighted by atomic mass is 16.5. The first-order chi connectivity index (χ1) is 6.72. The largest absolute Gasteiger partial charge is 0.497 e. The standard InChI is InChI=1S/C10H13NO3/c1-7(11-12)9-5-4-8(13-2)6-10(9)14-3/h4-6,12H,1-3H3/b11-7+. The summed E-state index contributed by atoms with van der Waals surface area (Å²) in [6.45, 7) is 1.70. The lowest BCUT2D eigenvalue weighted by atomic mass is 10.1. The number of hydrogen-bond acceptors (Lipinski definition) is 4. The van der Waals surface area contributed by atoms with E-state index < -0.39 is 0 Å². The molecule has 1 aromatic rings. The molecule has 0 aliphatic carbocycles. The molecule has 1 N–H and O–H groups in total. The van der Waals surface area contributed by atoms with E-state index in [1.807, 2.05) is 0 Å². The molecule has 0 saturated carbocycles. The zero-order valence-corrected chi connectivity index (χ0v) is 8.44. The summed E-state index contributed by atoms with van der Waals surface area (Å²) in [5.41, 5.74) is 1.25. The van der Waals surface area contributed by atoms with Crippen molar-refractivity contribution in [2.24, 2.45) is 5.16 Å². The highest BCUT2D eigenvalue weighted by molar-refractivity contribution is 6.00. The van der Waals surface area contributed by atoms with Gasteiger partial charge in [0.25, 0.3) is 0 Å². The van der Waals surface area contributed by atoms with E-state index in [1.165, 1.54) is 0 Å². The van der Waals surface area contributed by atoms with Crippen LogP contribution in [0.2, 0.25) is 0 Å². The summed E-state index contributed by atoms with van der Waals surface area (Å²) >= 11 is 0. The van der Waals surface area contributed by atoms with Gasteiger partial charge in [-0.2, -0.15) is 0 Å². The number of methoxy groups -OCH3 is 2. The van der Waals surface area contributed by atoms with E-state index in [1.54, 1.807) is 39.3 Å². The number of rotatable bonds is 3. The molecule has 76 valence electrons. The number of oxime groups is 1. The van der Waals surface area contributed by atoms with Crippen LogP contribution in [0.25, 0.3) is 0 Å². The average molecular weight is 195 g/mol. The number of nitrogens with zero attached hydrogens (tertiary/aromatic N) is 1. The van der Waals surface area contributed by atoms with Gasteiger partial charge < -0.3 is 14.7 Å². The van der Waals surface area contributed by atoms with Gasteiger partial charge in [0.15, 0.2) is 0 Å². The molecule has 0 radical (unpaired) electrons. The fraction of sp³-hybridized carbons (Fsp3) is 0.300. The van der Waals surface area contributed by atoms with Crippen LogP contribution in [0.3, 0.4) is 0 Å². The average Bonchev–Trinajstić information content (AvgIpc) is 2.27. The molecule has 0 saturated heterocycles. The molecule has 14 heavy (non-hydrogen) atoms. The van der Waals surface area contributed by atoms with E-state index in [0.29, 0.717) is 17.2 Å². The van der Waals surface area contributed by atoms with Gasteiger partial charge >= 0.3 is 0 Å². The molecular weight excluding hydrogens is 182 g/mol. The fourth-order valence-electron chi connectivity index (χ4n) is 1.15. The van der Waals surface area contributed by atoms with Crippen LogP contribution in [0.4, 0.5) is 0 Å². The molecular formula is C10H13NO3. The van der Waals surface area contributed by atoms with Gasteiger partial charge in [-0.1, -0.05) is 5.16 Å². The van der Waals surface area contributed by atoms with E-state index in [9.17, 15) is 0 Å². The van der Waals surface area contributed by atoms with Crippen molar-refractivity contribution in [2.75, 3.05) is 14.2 Å². The van der Waals surface area contributed by atoms with Gasteiger partial charge in [-0.3, -0.25) is 0 Å². The van der Waals surface area contributed by atoms with Gasteiger partial charge in [-0.15, -0.1) is 0 Å². The van der Waals surface area contributed by atoms with Gasteiger partial charge in [-0.25, -0.2) is 0 Å². The van der Waals surface area contributed by atoms with E-state index in [0.717, 1.165) is 5.56 Å². The van der Waals surface area contributed by atoms with Gasteiger partial charge in [-0.05, 0) is 19.1 Å². The molecule has 1 rings (SSSR count). The predicted octanol–water partition coefficient (Wildman–Crippen LogP) is 1.90. The lowest BCUT2D eigenvalue weighted by molar-refractivity contribution is 0.318. The summed E-state index contributed by atoms with van der Waals surface area (Å²) in [5, 5.41) is 11.8. The second kappa shape index (κ2) is 4.50. The van der Waals surface area contributed by atoms with Crippen LogP contribution in [-0.2, 0) is 0 Å². The van der Waals surface area contributed by atoms with E-state index in [2.05, 4.69) is 5.16 Å². The Balaban J connectivity index is 3.18. The first-order valence-corrected chi connectivity index (χ1v) is 4.14. The molecule has 0 aromatic heterocycles. The van der Waals surface area contributed by atoms with Crippen molar-refractivity contribution in [3.63, 3.8) is 0 Å². The molecule has 0 heterocycles. The molecule has 1 aromatic carbocycles. The summed E-state index contributed by atoms with van der Waals surface area (Å²) in [5.74, 6) is 1.33. The SMILES string of the molecule is COc1ccc(/C(C)=N/O)c(OC)c1. The molecule has 4 heteroatoms. The molecule has 0 aliphatic rings. The highest BCUT2D eigenvalue weighted by Gasteiger charge is 2.07. The van der Waals surface area contributed by atoms with E-state index in [4.69, 9.17) is 14.7 Å². The van der Waals surface area contributed by atoms with Crippen molar-refractivity contribution in [1.29, 1.82) is 0 Å². The highest BCUT2D eigenvalue weighted by Crippen LogP contribution is 2.24. The van der Waals surface area contributed by atoms with Gasteiger partial charge in [0, 0.05) is 11.6 Å². The Bertz CT molecular complexity index is 347. The van der Waals surface area contributed by atoms with Crippen LogP contribution in [0.5, 0.6) is 11.5 Å². The van der Waals surface area contributed by atoms with Crippen LogP contribution in [0, 0.1) is 0 Å². The normalized spacial score (nSPS) is 11.2. The summed E-state index contributed by atoms with van der Waals surface area (Å²) in [7, 11) is 3.14. The zero-order valence-electron chi connectivity index (χ0n) is 8.44. The van der Waals surface area contributed by atoms with Gasteiger partial charge in [0.1, 0.15) is 11.5 Å². The maximum Gasteiger partial charge on any atom is 0.131 e.